The number of aromatic nitrogens is 4. The fraction of sp³-hybridized carbons (Fsp3) is 0.457. The molecule has 4 heterocycles. The number of nitrogens with one attached hydrogen (secondary N) is 1. The Morgan fingerprint density at radius 3 is 2.66 bits per heavy atom. The monoisotopic (exact) mass is 596 g/mol. The van der Waals surface area contributed by atoms with Crippen LogP contribution in [0.25, 0.3) is 22.2 Å². The summed E-state index contributed by atoms with van der Waals surface area (Å²) in [5.41, 5.74) is 4.59. The van der Waals surface area contributed by atoms with Gasteiger partial charge in [0.15, 0.2) is 0 Å². The number of aliphatic hydroxyl groups is 1. The number of piperidine rings is 1. The van der Waals surface area contributed by atoms with E-state index >= 15 is 4.39 Å². The van der Waals surface area contributed by atoms with E-state index in [0.717, 1.165) is 67.0 Å². The predicted octanol–water partition coefficient (Wildman–Crippen LogP) is 5.69. The van der Waals surface area contributed by atoms with E-state index in [1.165, 1.54) is 6.07 Å². The summed E-state index contributed by atoms with van der Waals surface area (Å²) in [6.07, 6.45) is 10.0. The van der Waals surface area contributed by atoms with E-state index < -0.39 is 11.4 Å². The van der Waals surface area contributed by atoms with Crippen molar-refractivity contribution in [1.82, 2.24) is 30.4 Å². The normalized spacial score (nSPS) is 19.1. The van der Waals surface area contributed by atoms with E-state index in [0.29, 0.717) is 42.0 Å². The Morgan fingerprint density at radius 1 is 1.14 bits per heavy atom. The zero-order valence-corrected chi connectivity index (χ0v) is 25.8. The Kier molecular flexibility index (Phi) is 8.69. The summed E-state index contributed by atoms with van der Waals surface area (Å²) in [6.45, 7) is 8.72. The second kappa shape index (κ2) is 12.7. The van der Waals surface area contributed by atoms with Crippen LogP contribution in [0.2, 0.25) is 0 Å². The summed E-state index contributed by atoms with van der Waals surface area (Å²) in [7, 11) is 0. The molecule has 4 aromatic rings. The van der Waals surface area contributed by atoms with E-state index in [1.807, 2.05) is 31.2 Å². The third-order valence-electron chi connectivity index (χ3n) is 9.52. The number of hydrogen-bond acceptors (Lipinski definition) is 7. The number of pyridine rings is 2. The lowest BCUT2D eigenvalue weighted by atomic mass is 9.80. The van der Waals surface area contributed by atoms with Crippen molar-refractivity contribution in [1.29, 1.82) is 0 Å². The van der Waals surface area contributed by atoms with Crippen LogP contribution in [-0.2, 0) is 12.8 Å². The Labute approximate surface area is 258 Å². The average Bonchev–Trinajstić information content (AvgIpc) is 3.03. The number of carbonyl (C=O) groups is 1. The summed E-state index contributed by atoms with van der Waals surface area (Å²) < 4.78 is 15.4. The van der Waals surface area contributed by atoms with Crippen LogP contribution in [0, 0.1) is 17.7 Å². The minimum Gasteiger partial charge on any atom is -0.390 e. The molecule has 2 aliphatic rings. The lowest BCUT2D eigenvalue weighted by Gasteiger charge is -2.36. The predicted molar refractivity (Wildman–Crippen MR) is 168 cm³/mol. The van der Waals surface area contributed by atoms with Crippen LogP contribution in [0.15, 0.2) is 55.0 Å². The van der Waals surface area contributed by atoms with E-state index in [2.05, 4.69) is 39.2 Å². The van der Waals surface area contributed by atoms with Crippen LogP contribution in [0.3, 0.4) is 0 Å². The number of fused-ring (bicyclic) bond motifs is 2. The maximum Gasteiger partial charge on any atom is 0.251 e. The van der Waals surface area contributed by atoms with Crippen LogP contribution < -0.4 is 5.32 Å². The van der Waals surface area contributed by atoms with Crippen LogP contribution in [0.4, 0.5) is 4.39 Å². The molecule has 6 rings (SSSR count). The molecule has 1 aliphatic carbocycles. The molecule has 0 spiro atoms. The fourth-order valence-electron chi connectivity index (χ4n) is 6.48. The van der Waals surface area contributed by atoms with Gasteiger partial charge in [-0.05, 0) is 98.7 Å². The molecule has 1 saturated heterocycles. The number of amides is 1. The minimum absolute atomic E-state index is 0.277. The molecule has 1 fully saturated rings. The molecule has 0 bridgehead atoms. The van der Waals surface area contributed by atoms with Crippen molar-refractivity contribution in [2.75, 3.05) is 19.6 Å². The molecule has 44 heavy (non-hydrogen) atoms. The van der Waals surface area contributed by atoms with Crippen LogP contribution >= 0.6 is 0 Å². The Bertz CT molecular complexity index is 1620. The average molecular weight is 597 g/mol. The summed E-state index contributed by atoms with van der Waals surface area (Å²) in [5.74, 6) is 0.347. The maximum atomic E-state index is 15.4. The number of halogens is 1. The molecule has 0 saturated carbocycles. The molecule has 1 aromatic carbocycles. The Morgan fingerprint density at radius 2 is 1.95 bits per heavy atom. The number of carbonyl (C=O) groups excluding carboxylic acids is 1. The van der Waals surface area contributed by atoms with Gasteiger partial charge in [-0.2, -0.15) is 10.2 Å². The van der Waals surface area contributed by atoms with Gasteiger partial charge in [-0.3, -0.25) is 9.78 Å². The highest BCUT2D eigenvalue weighted by atomic mass is 19.1. The van der Waals surface area contributed by atoms with Crippen molar-refractivity contribution in [2.24, 2.45) is 11.8 Å². The third-order valence-corrected chi connectivity index (χ3v) is 9.52. The van der Waals surface area contributed by atoms with Gasteiger partial charge in [0.2, 0.25) is 0 Å². The molecule has 0 radical (unpaired) electrons. The lowest BCUT2D eigenvalue weighted by molar-refractivity contribution is -0.00592. The first-order valence-corrected chi connectivity index (χ1v) is 15.8. The van der Waals surface area contributed by atoms with E-state index in [9.17, 15) is 9.90 Å². The number of aryl methyl sites for hydroxylation is 1. The summed E-state index contributed by atoms with van der Waals surface area (Å²) in [6, 6.07) is 10.5. The molecule has 1 unspecified atom stereocenters. The number of nitrogens with zero attached hydrogens (tertiary/aromatic N) is 5. The first kappa shape index (κ1) is 30.2. The molecule has 1 aliphatic heterocycles. The first-order valence-electron chi connectivity index (χ1n) is 15.8. The first-order chi connectivity index (χ1) is 21.1. The van der Waals surface area contributed by atoms with Crippen molar-refractivity contribution in [3.05, 3.63) is 83.2 Å². The van der Waals surface area contributed by atoms with Gasteiger partial charge in [0, 0.05) is 48.0 Å². The van der Waals surface area contributed by atoms with Gasteiger partial charge in [-0.25, -0.2) is 9.37 Å². The fourth-order valence-corrected chi connectivity index (χ4v) is 6.48. The highest BCUT2D eigenvalue weighted by Crippen LogP contribution is 2.32. The molecular formula is C35H41FN6O2. The Hall–Kier alpha value is -3.82. The molecule has 8 nitrogen and oxygen atoms in total. The summed E-state index contributed by atoms with van der Waals surface area (Å²) >= 11 is 0. The number of rotatable bonds is 8. The Balaban J connectivity index is 1.24. The van der Waals surface area contributed by atoms with Gasteiger partial charge < -0.3 is 15.3 Å². The standard InChI is InChI=1S/C35H41FN6O2/c1-22(2)23-4-7-31-26(16-23)17-27-18-28(19-29(36)33(27)40-31)34(43)41-32(9-13-42-14-10-35(3,44)11-15-42)24-5-6-30(37-20-24)25-8-12-38-39-21-25/h5-6,8,12,17-23,32,44H,4,7,9-11,13-16H2,1-3H3,(H,41,43)/t23?,32-/m1/s1. The molecule has 2 atom stereocenters. The SMILES string of the molecule is CC(C)C1CCc2nc3c(F)cc(C(=O)N[C@H](CCN4CCC(C)(O)CC4)c4ccc(-c5ccnnc5)nc4)cc3cc2C1. The van der Waals surface area contributed by atoms with Crippen molar-refractivity contribution >= 4 is 16.8 Å². The van der Waals surface area contributed by atoms with E-state index in [-0.39, 0.29) is 17.5 Å². The van der Waals surface area contributed by atoms with Crippen LogP contribution in [0.5, 0.6) is 0 Å². The molecule has 3 aromatic heterocycles. The van der Waals surface area contributed by atoms with Crippen LogP contribution in [0.1, 0.15) is 79.7 Å². The smallest absolute Gasteiger partial charge is 0.251 e. The quantitative estimate of drug-likeness (QED) is 0.269. The zero-order valence-electron chi connectivity index (χ0n) is 25.8. The number of hydrogen-bond donors (Lipinski definition) is 2. The van der Waals surface area contributed by atoms with Gasteiger partial charge in [0.25, 0.3) is 5.91 Å². The summed E-state index contributed by atoms with van der Waals surface area (Å²) in [4.78, 5) is 25.4. The number of benzene rings is 1. The molecule has 2 N–H and O–H groups in total. The maximum absolute atomic E-state index is 15.4. The zero-order chi connectivity index (χ0) is 30.8. The topological polar surface area (TPSA) is 104 Å². The third kappa shape index (κ3) is 6.79. The second-order valence-electron chi connectivity index (χ2n) is 13.1. The minimum atomic E-state index is -0.629. The highest BCUT2D eigenvalue weighted by Gasteiger charge is 2.28. The molecular weight excluding hydrogens is 555 g/mol. The van der Waals surface area contributed by atoms with Crippen molar-refractivity contribution < 1.29 is 14.3 Å². The number of likely N-dealkylation sites (tertiary alicyclic amines) is 1. The van der Waals surface area contributed by atoms with Crippen molar-refractivity contribution in [3.63, 3.8) is 0 Å². The summed E-state index contributed by atoms with van der Waals surface area (Å²) in [5, 5.41) is 22.0. The van der Waals surface area contributed by atoms with E-state index in [4.69, 9.17) is 4.98 Å². The highest BCUT2D eigenvalue weighted by molar-refractivity contribution is 5.98. The van der Waals surface area contributed by atoms with Crippen LogP contribution in [-0.4, -0.2) is 61.3 Å². The van der Waals surface area contributed by atoms with Gasteiger partial charge in [-0.1, -0.05) is 19.9 Å². The van der Waals surface area contributed by atoms with Gasteiger partial charge in [0.05, 0.1) is 29.7 Å². The van der Waals surface area contributed by atoms with Crippen molar-refractivity contribution in [2.45, 2.75) is 70.9 Å². The van der Waals surface area contributed by atoms with Crippen molar-refractivity contribution in [3.8, 4) is 11.3 Å². The van der Waals surface area contributed by atoms with Gasteiger partial charge in [0.1, 0.15) is 11.3 Å². The van der Waals surface area contributed by atoms with Gasteiger partial charge in [-0.15, -0.1) is 0 Å². The van der Waals surface area contributed by atoms with Gasteiger partial charge >= 0.3 is 0 Å². The molecule has 1 amide bonds. The molecule has 230 valence electrons. The molecule has 9 heteroatoms. The second-order valence-corrected chi connectivity index (χ2v) is 13.1. The largest absolute Gasteiger partial charge is 0.390 e. The van der Waals surface area contributed by atoms with E-state index in [1.54, 1.807) is 24.7 Å². The lowest BCUT2D eigenvalue weighted by Crippen LogP contribution is -2.43.